The van der Waals surface area contributed by atoms with Gasteiger partial charge in [0.1, 0.15) is 5.75 Å². The molecule has 1 heterocycles. The van der Waals surface area contributed by atoms with Crippen molar-refractivity contribution in [3.63, 3.8) is 0 Å². The summed E-state index contributed by atoms with van der Waals surface area (Å²) in [4.78, 5) is 26.5. The van der Waals surface area contributed by atoms with Crippen LogP contribution in [0.3, 0.4) is 0 Å². The average molecular weight is 373 g/mol. The Kier molecular flexibility index (Phi) is 5.47. The zero-order valence-corrected chi connectivity index (χ0v) is 15.5. The Bertz CT molecular complexity index is 820. The summed E-state index contributed by atoms with van der Waals surface area (Å²) in [5.74, 6) is 0.130. The fourth-order valence-electron chi connectivity index (χ4n) is 2.94. The first-order chi connectivity index (χ1) is 12.5. The fraction of sp³-hybridized carbons (Fsp3) is 0.300. The van der Waals surface area contributed by atoms with Gasteiger partial charge in [0.05, 0.1) is 12.5 Å². The zero-order valence-electron chi connectivity index (χ0n) is 14.8. The molecule has 0 aromatic heterocycles. The predicted octanol–water partition coefficient (Wildman–Crippen LogP) is 4.04. The number of amides is 2. The van der Waals surface area contributed by atoms with Gasteiger partial charge >= 0.3 is 0 Å². The summed E-state index contributed by atoms with van der Waals surface area (Å²) in [5, 5.41) is 3.45. The number of carbonyl (C=O) groups excluding carboxylic acids is 2. The molecule has 1 N–H and O–H groups in total. The molecule has 0 aliphatic carbocycles. The van der Waals surface area contributed by atoms with E-state index < -0.39 is 5.92 Å². The van der Waals surface area contributed by atoms with E-state index in [4.69, 9.17) is 16.3 Å². The van der Waals surface area contributed by atoms with Crippen LogP contribution in [0.15, 0.2) is 42.5 Å². The van der Waals surface area contributed by atoms with E-state index >= 15 is 0 Å². The molecule has 1 aliphatic heterocycles. The van der Waals surface area contributed by atoms with Gasteiger partial charge in [-0.05, 0) is 55.8 Å². The van der Waals surface area contributed by atoms with Crippen LogP contribution in [0.2, 0.25) is 5.02 Å². The number of carbonyl (C=O) groups is 2. The largest absolute Gasteiger partial charge is 0.494 e. The molecule has 1 fully saturated rings. The van der Waals surface area contributed by atoms with Gasteiger partial charge in [-0.25, -0.2) is 0 Å². The highest BCUT2D eigenvalue weighted by Crippen LogP contribution is 2.28. The molecule has 3 rings (SSSR count). The van der Waals surface area contributed by atoms with Crippen molar-refractivity contribution in [2.75, 3.05) is 23.4 Å². The molecule has 0 radical (unpaired) electrons. The van der Waals surface area contributed by atoms with Gasteiger partial charge in [0.15, 0.2) is 0 Å². The van der Waals surface area contributed by atoms with E-state index in [1.54, 1.807) is 17.0 Å². The number of anilines is 2. The molecule has 0 spiro atoms. The van der Waals surface area contributed by atoms with Gasteiger partial charge in [0.25, 0.3) is 0 Å². The highest BCUT2D eigenvalue weighted by molar-refractivity contribution is 6.31. The highest BCUT2D eigenvalue weighted by atomic mass is 35.5. The van der Waals surface area contributed by atoms with E-state index in [0.29, 0.717) is 23.9 Å². The molecule has 26 heavy (non-hydrogen) atoms. The number of nitrogens with zero attached hydrogens (tertiary/aromatic N) is 1. The lowest BCUT2D eigenvalue weighted by molar-refractivity contribution is -0.122. The van der Waals surface area contributed by atoms with Gasteiger partial charge in [-0.2, -0.15) is 0 Å². The van der Waals surface area contributed by atoms with Gasteiger partial charge in [0.2, 0.25) is 11.8 Å². The first kappa shape index (κ1) is 18.3. The number of hydrogen-bond donors (Lipinski definition) is 1. The molecule has 1 atom stereocenters. The quantitative estimate of drug-likeness (QED) is 0.861. The van der Waals surface area contributed by atoms with E-state index in [-0.39, 0.29) is 18.2 Å². The minimum absolute atomic E-state index is 0.0590. The molecule has 6 heteroatoms. The fourth-order valence-corrected chi connectivity index (χ4v) is 3.12. The van der Waals surface area contributed by atoms with E-state index in [1.165, 1.54) is 0 Å². The minimum atomic E-state index is -0.394. The number of ether oxygens (including phenoxy) is 1. The molecule has 136 valence electrons. The molecular formula is C20H21ClN2O3. The summed E-state index contributed by atoms with van der Waals surface area (Å²) in [7, 11) is 0. The predicted molar refractivity (Wildman–Crippen MR) is 103 cm³/mol. The third-order valence-corrected chi connectivity index (χ3v) is 4.80. The third-order valence-electron chi connectivity index (χ3n) is 4.39. The Morgan fingerprint density at radius 1 is 1.27 bits per heavy atom. The molecule has 2 aromatic carbocycles. The number of rotatable bonds is 5. The van der Waals surface area contributed by atoms with Gasteiger partial charge < -0.3 is 15.0 Å². The van der Waals surface area contributed by atoms with Crippen molar-refractivity contribution >= 4 is 34.8 Å². The number of aryl methyl sites for hydroxylation is 1. The van der Waals surface area contributed by atoms with Crippen molar-refractivity contribution in [1.82, 2.24) is 0 Å². The van der Waals surface area contributed by atoms with Gasteiger partial charge in [-0.1, -0.05) is 17.7 Å². The summed E-state index contributed by atoms with van der Waals surface area (Å²) in [6.07, 6.45) is 0.193. The van der Waals surface area contributed by atoms with Crippen LogP contribution < -0.4 is 15.0 Å². The molecule has 5 nitrogen and oxygen atoms in total. The van der Waals surface area contributed by atoms with Crippen molar-refractivity contribution in [3.8, 4) is 5.75 Å². The molecule has 2 aromatic rings. The van der Waals surface area contributed by atoms with Crippen LogP contribution in [0.5, 0.6) is 5.75 Å². The standard InChI is InChI=1S/C20H21ClN2O3/c1-3-26-17-8-6-16(7-9-17)23-12-14(10-19(23)24)20(25)22-15-5-4-13(2)18(21)11-15/h4-9,11,14H,3,10,12H2,1-2H3,(H,22,25)/t14-/m1/s1. The molecule has 2 amide bonds. The molecule has 0 unspecified atom stereocenters. The summed E-state index contributed by atoms with van der Waals surface area (Å²) in [6, 6.07) is 12.7. The van der Waals surface area contributed by atoms with E-state index in [2.05, 4.69) is 5.32 Å². The van der Waals surface area contributed by atoms with Crippen molar-refractivity contribution in [1.29, 1.82) is 0 Å². The Balaban J connectivity index is 1.66. The molecule has 0 saturated carbocycles. The third kappa shape index (κ3) is 3.99. The second-order valence-corrected chi connectivity index (χ2v) is 6.69. The lowest BCUT2D eigenvalue weighted by atomic mass is 10.1. The molecule has 1 saturated heterocycles. The lowest BCUT2D eigenvalue weighted by Crippen LogP contribution is -2.28. The Morgan fingerprint density at radius 2 is 2.00 bits per heavy atom. The molecular weight excluding hydrogens is 352 g/mol. The summed E-state index contributed by atoms with van der Waals surface area (Å²) in [5.41, 5.74) is 2.35. The summed E-state index contributed by atoms with van der Waals surface area (Å²) >= 11 is 6.09. The van der Waals surface area contributed by atoms with Crippen LogP contribution in [0.4, 0.5) is 11.4 Å². The minimum Gasteiger partial charge on any atom is -0.494 e. The van der Waals surface area contributed by atoms with Crippen LogP contribution in [-0.4, -0.2) is 25.0 Å². The number of halogens is 1. The van der Waals surface area contributed by atoms with Crippen molar-refractivity contribution in [2.45, 2.75) is 20.3 Å². The number of hydrogen-bond acceptors (Lipinski definition) is 3. The van der Waals surface area contributed by atoms with E-state index in [9.17, 15) is 9.59 Å². The smallest absolute Gasteiger partial charge is 0.229 e. The Hall–Kier alpha value is -2.53. The normalized spacial score (nSPS) is 16.7. The maximum atomic E-state index is 12.5. The summed E-state index contributed by atoms with van der Waals surface area (Å²) in [6.45, 7) is 4.77. The highest BCUT2D eigenvalue weighted by Gasteiger charge is 2.35. The van der Waals surface area contributed by atoms with Gasteiger partial charge in [-0.3, -0.25) is 9.59 Å². The van der Waals surface area contributed by atoms with E-state index in [1.807, 2.05) is 44.2 Å². The maximum absolute atomic E-state index is 12.5. The maximum Gasteiger partial charge on any atom is 0.229 e. The second-order valence-electron chi connectivity index (χ2n) is 6.29. The number of benzene rings is 2. The van der Waals surface area contributed by atoms with Crippen LogP contribution in [-0.2, 0) is 9.59 Å². The van der Waals surface area contributed by atoms with E-state index in [0.717, 1.165) is 17.0 Å². The topological polar surface area (TPSA) is 58.6 Å². The van der Waals surface area contributed by atoms with Gasteiger partial charge in [0, 0.05) is 29.4 Å². The van der Waals surface area contributed by atoms with Crippen LogP contribution in [0.1, 0.15) is 18.9 Å². The summed E-state index contributed by atoms with van der Waals surface area (Å²) < 4.78 is 5.42. The van der Waals surface area contributed by atoms with Crippen molar-refractivity contribution in [3.05, 3.63) is 53.1 Å². The van der Waals surface area contributed by atoms with Crippen molar-refractivity contribution < 1.29 is 14.3 Å². The van der Waals surface area contributed by atoms with Crippen LogP contribution >= 0.6 is 11.6 Å². The molecule has 0 bridgehead atoms. The van der Waals surface area contributed by atoms with Crippen LogP contribution in [0, 0.1) is 12.8 Å². The zero-order chi connectivity index (χ0) is 18.7. The average Bonchev–Trinajstić information content (AvgIpc) is 3.01. The van der Waals surface area contributed by atoms with Gasteiger partial charge in [-0.15, -0.1) is 0 Å². The Morgan fingerprint density at radius 3 is 2.65 bits per heavy atom. The first-order valence-corrected chi connectivity index (χ1v) is 8.96. The molecule has 1 aliphatic rings. The van der Waals surface area contributed by atoms with Crippen molar-refractivity contribution in [2.24, 2.45) is 5.92 Å². The lowest BCUT2D eigenvalue weighted by Gasteiger charge is -2.17. The number of nitrogens with one attached hydrogen (secondary N) is 1. The van der Waals surface area contributed by atoms with Crippen LogP contribution in [0.25, 0.3) is 0 Å². The monoisotopic (exact) mass is 372 g/mol. The second kappa shape index (κ2) is 7.79. The first-order valence-electron chi connectivity index (χ1n) is 8.58. The SMILES string of the molecule is CCOc1ccc(N2C[C@H](C(=O)Nc3ccc(C)c(Cl)c3)CC2=O)cc1. The Labute approximate surface area is 157 Å².